The summed E-state index contributed by atoms with van der Waals surface area (Å²) < 4.78 is 26.4. The summed E-state index contributed by atoms with van der Waals surface area (Å²) in [4.78, 5) is 3.58. The molecule has 0 fully saturated rings. The van der Waals surface area contributed by atoms with Crippen molar-refractivity contribution in [1.82, 2.24) is 4.98 Å². The Morgan fingerprint density at radius 2 is 1.76 bits per heavy atom. The van der Waals surface area contributed by atoms with Crippen LogP contribution >= 0.6 is 0 Å². The van der Waals surface area contributed by atoms with E-state index in [1.165, 1.54) is 0 Å². The maximum absolute atomic E-state index is 13.4. The Hall–Kier alpha value is -1.43. The van der Waals surface area contributed by atoms with Crippen molar-refractivity contribution in [2.45, 2.75) is 38.8 Å². The van der Waals surface area contributed by atoms with E-state index in [1.807, 2.05) is 0 Å². The molecule has 0 radical (unpaired) electrons. The van der Waals surface area contributed by atoms with Crippen molar-refractivity contribution < 1.29 is 13.9 Å². The van der Waals surface area contributed by atoms with Gasteiger partial charge in [-0.1, -0.05) is 0 Å². The molecule has 1 heterocycles. The van der Waals surface area contributed by atoms with Crippen LogP contribution in [0.2, 0.25) is 0 Å². The van der Waals surface area contributed by atoms with Crippen molar-refractivity contribution in [1.29, 1.82) is 0 Å². The summed E-state index contributed by atoms with van der Waals surface area (Å²) in [6.45, 7) is 6.50. The molecule has 0 amide bonds. The number of rotatable bonds is 3. The van der Waals surface area contributed by atoms with Crippen LogP contribution in [-0.4, -0.2) is 21.2 Å². The Balaban J connectivity index is 3.08. The molecule has 0 saturated carbocycles. The lowest BCUT2D eigenvalue weighted by Gasteiger charge is -2.38. The highest BCUT2D eigenvalue weighted by Gasteiger charge is 2.36. The number of hydrogen-bond acceptors (Lipinski definition) is 4. The van der Waals surface area contributed by atoms with E-state index < -0.39 is 22.8 Å². The van der Waals surface area contributed by atoms with Gasteiger partial charge in [-0.15, -0.1) is 0 Å². The van der Waals surface area contributed by atoms with Crippen LogP contribution in [0.1, 0.15) is 27.7 Å². The van der Waals surface area contributed by atoms with Gasteiger partial charge in [0, 0.05) is 6.07 Å². The molecular formula is C11H17F2N3O. The molecule has 17 heavy (non-hydrogen) atoms. The minimum absolute atomic E-state index is 0.184. The second-order valence-electron chi connectivity index (χ2n) is 4.99. The summed E-state index contributed by atoms with van der Waals surface area (Å²) in [7, 11) is 0. The van der Waals surface area contributed by atoms with E-state index >= 15 is 0 Å². The molecule has 0 spiro atoms. The highest BCUT2D eigenvalue weighted by atomic mass is 19.1. The van der Waals surface area contributed by atoms with Crippen LogP contribution in [0.4, 0.5) is 20.4 Å². The quantitative estimate of drug-likeness (QED) is 0.760. The number of nitrogens with zero attached hydrogens (tertiary/aromatic N) is 1. The van der Waals surface area contributed by atoms with Crippen LogP contribution in [0.3, 0.4) is 0 Å². The third-order valence-electron chi connectivity index (χ3n) is 2.92. The molecule has 4 N–H and O–H groups in total. The molecule has 0 unspecified atom stereocenters. The van der Waals surface area contributed by atoms with E-state index in [2.05, 4.69) is 10.3 Å². The number of aromatic nitrogens is 1. The summed E-state index contributed by atoms with van der Waals surface area (Å²) in [5.41, 5.74) is 3.29. The second-order valence-corrected chi connectivity index (χ2v) is 4.99. The Morgan fingerprint density at radius 1 is 1.24 bits per heavy atom. The molecular weight excluding hydrogens is 228 g/mol. The number of nitrogens with one attached hydrogen (secondary N) is 1. The van der Waals surface area contributed by atoms with Crippen LogP contribution in [0.25, 0.3) is 0 Å². The SMILES string of the molecule is CC(C)(O)C(C)(C)Nc1nc(N)c(F)cc1F. The van der Waals surface area contributed by atoms with E-state index in [0.29, 0.717) is 6.07 Å². The number of anilines is 2. The largest absolute Gasteiger partial charge is 0.388 e. The fourth-order valence-corrected chi connectivity index (χ4v) is 1.02. The third-order valence-corrected chi connectivity index (χ3v) is 2.92. The van der Waals surface area contributed by atoms with Crippen molar-refractivity contribution in [3.63, 3.8) is 0 Å². The number of hydrogen-bond donors (Lipinski definition) is 3. The first kappa shape index (κ1) is 13.6. The fraction of sp³-hybridized carbons (Fsp3) is 0.545. The minimum atomic E-state index is -1.12. The third kappa shape index (κ3) is 2.82. The van der Waals surface area contributed by atoms with E-state index in [4.69, 9.17) is 5.73 Å². The van der Waals surface area contributed by atoms with Crippen LogP contribution in [0, 0.1) is 11.6 Å². The Labute approximate surface area is 98.9 Å². The van der Waals surface area contributed by atoms with Gasteiger partial charge in [-0.3, -0.25) is 0 Å². The van der Waals surface area contributed by atoms with Crippen molar-refractivity contribution >= 4 is 11.6 Å². The average molecular weight is 245 g/mol. The highest BCUT2D eigenvalue weighted by Crippen LogP contribution is 2.27. The monoisotopic (exact) mass is 245 g/mol. The lowest BCUT2D eigenvalue weighted by atomic mass is 9.86. The Bertz CT molecular complexity index is 427. The van der Waals surface area contributed by atoms with Crippen LogP contribution in [-0.2, 0) is 0 Å². The zero-order valence-electron chi connectivity index (χ0n) is 10.3. The average Bonchev–Trinajstić information content (AvgIpc) is 2.12. The standard InChI is InChI=1S/C11H17F2N3O/c1-10(2,11(3,4)17)16-9-7(13)5-6(12)8(14)15-9/h5,17H,1-4H3,(H3,14,15,16). The van der Waals surface area contributed by atoms with Crippen LogP contribution in [0.15, 0.2) is 6.07 Å². The number of nitrogen functional groups attached to an aromatic ring is 1. The molecule has 6 heteroatoms. The lowest BCUT2D eigenvalue weighted by Crippen LogP contribution is -2.51. The van der Waals surface area contributed by atoms with Gasteiger partial charge in [-0.2, -0.15) is 0 Å². The van der Waals surface area contributed by atoms with Crippen molar-refractivity contribution in [2.75, 3.05) is 11.1 Å². The first-order valence-corrected chi connectivity index (χ1v) is 5.16. The van der Waals surface area contributed by atoms with Gasteiger partial charge < -0.3 is 16.2 Å². The fourth-order valence-electron chi connectivity index (χ4n) is 1.02. The van der Waals surface area contributed by atoms with Gasteiger partial charge in [0.05, 0.1) is 11.1 Å². The molecule has 0 aliphatic carbocycles. The number of pyridine rings is 1. The van der Waals surface area contributed by atoms with Gasteiger partial charge in [0.1, 0.15) is 0 Å². The summed E-state index contributed by atoms with van der Waals surface area (Å²) in [6, 6.07) is 0.658. The smallest absolute Gasteiger partial charge is 0.168 e. The maximum Gasteiger partial charge on any atom is 0.168 e. The Morgan fingerprint density at radius 3 is 2.24 bits per heavy atom. The summed E-state index contributed by atoms with van der Waals surface area (Å²) in [5, 5.41) is 12.6. The van der Waals surface area contributed by atoms with Gasteiger partial charge in [0.25, 0.3) is 0 Å². The number of halogens is 2. The molecule has 96 valence electrons. The molecule has 0 aliphatic heterocycles. The van der Waals surface area contributed by atoms with Gasteiger partial charge >= 0.3 is 0 Å². The summed E-state index contributed by atoms with van der Waals surface area (Å²) in [5.74, 6) is -2.33. The molecule has 0 saturated heterocycles. The molecule has 1 aromatic rings. The summed E-state index contributed by atoms with van der Waals surface area (Å²) in [6.07, 6.45) is 0. The first-order chi connectivity index (χ1) is 7.54. The van der Waals surface area contributed by atoms with Crippen molar-refractivity contribution in [3.05, 3.63) is 17.7 Å². The number of aliphatic hydroxyl groups is 1. The van der Waals surface area contributed by atoms with Crippen molar-refractivity contribution in [2.24, 2.45) is 0 Å². The van der Waals surface area contributed by atoms with Crippen LogP contribution in [0.5, 0.6) is 0 Å². The molecule has 1 aromatic heterocycles. The molecule has 1 rings (SSSR count). The van der Waals surface area contributed by atoms with Gasteiger partial charge in [-0.25, -0.2) is 13.8 Å². The number of nitrogens with two attached hydrogens (primary N) is 1. The van der Waals surface area contributed by atoms with E-state index in [9.17, 15) is 13.9 Å². The van der Waals surface area contributed by atoms with Gasteiger partial charge in [0.15, 0.2) is 23.3 Å². The maximum atomic E-state index is 13.4. The van der Waals surface area contributed by atoms with Crippen molar-refractivity contribution in [3.8, 4) is 0 Å². The molecule has 0 bridgehead atoms. The first-order valence-electron chi connectivity index (χ1n) is 5.16. The predicted octanol–water partition coefficient (Wildman–Crippen LogP) is 1.90. The van der Waals surface area contributed by atoms with Gasteiger partial charge in [0.2, 0.25) is 0 Å². The highest BCUT2D eigenvalue weighted by molar-refractivity contribution is 5.46. The van der Waals surface area contributed by atoms with E-state index in [1.54, 1.807) is 27.7 Å². The lowest BCUT2D eigenvalue weighted by molar-refractivity contribution is 0.0237. The Kier molecular flexibility index (Phi) is 3.29. The van der Waals surface area contributed by atoms with E-state index in [-0.39, 0.29) is 11.6 Å². The normalized spacial score (nSPS) is 12.6. The zero-order valence-corrected chi connectivity index (χ0v) is 10.3. The predicted molar refractivity (Wildman–Crippen MR) is 62.6 cm³/mol. The molecule has 4 nitrogen and oxygen atoms in total. The summed E-state index contributed by atoms with van der Waals surface area (Å²) >= 11 is 0. The van der Waals surface area contributed by atoms with Crippen LogP contribution < -0.4 is 11.1 Å². The minimum Gasteiger partial charge on any atom is -0.388 e. The zero-order chi connectivity index (χ0) is 13.4. The van der Waals surface area contributed by atoms with E-state index in [0.717, 1.165) is 0 Å². The molecule has 0 aromatic carbocycles. The topological polar surface area (TPSA) is 71.2 Å². The molecule has 0 atom stereocenters. The second kappa shape index (κ2) is 4.10. The van der Waals surface area contributed by atoms with Gasteiger partial charge in [-0.05, 0) is 27.7 Å². The molecule has 0 aliphatic rings.